The largest absolute Gasteiger partial charge is 0.494 e. The number of rotatable bonds is 8. The summed E-state index contributed by atoms with van der Waals surface area (Å²) in [7, 11) is 0. The molecule has 3 N–H and O–H groups in total. The molecule has 35 heavy (non-hydrogen) atoms. The first kappa shape index (κ1) is 24.8. The molecule has 0 unspecified atom stereocenters. The van der Waals surface area contributed by atoms with Crippen molar-refractivity contribution in [1.29, 1.82) is 5.26 Å². The van der Waals surface area contributed by atoms with Gasteiger partial charge in [-0.3, -0.25) is 4.79 Å². The number of anilines is 1. The Morgan fingerprint density at radius 3 is 2.14 bits per heavy atom. The summed E-state index contributed by atoms with van der Waals surface area (Å²) in [6.45, 7) is 5.87. The van der Waals surface area contributed by atoms with E-state index in [0.717, 1.165) is 6.07 Å². The molecule has 9 nitrogen and oxygen atoms in total. The number of carbonyl (C=O) groups excluding carboxylic acids is 1. The van der Waals surface area contributed by atoms with Crippen molar-refractivity contribution in [3.05, 3.63) is 82.2 Å². The van der Waals surface area contributed by atoms with Gasteiger partial charge < -0.3 is 24.8 Å². The molecule has 0 bridgehead atoms. The Hall–Kier alpha value is -4.84. The van der Waals surface area contributed by atoms with Crippen LogP contribution in [0.15, 0.2) is 54.1 Å². The number of aromatic carboxylic acids is 2. The molecule has 0 spiro atoms. The second-order valence-corrected chi connectivity index (χ2v) is 7.62. The third-order valence-electron chi connectivity index (χ3n) is 5.23. The molecular formula is C26H23N3O6. The van der Waals surface area contributed by atoms with Gasteiger partial charge in [0, 0.05) is 22.8 Å². The highest BCUT2D eigenvalue weighted by molar-refractivity contribution is 6.09. The molecule has 0 radical (unpaired) electrons. The standard InChI is InChI=1S/C26H23N3O6/c1-4-35-23-7-5-21(6-8-23)28-24(30)20(14-27)10-17-9-15(2)29(16(17)3)22-12-18(25(31)32)11-19(13-22)26(33)34/h5-13H,4H2,1-3H3,(H,28,30)(H,31,32)(H,33,34)/b20-10-. The lowest BCUT2D eigenvalue weighted by molar-refractivity contribution is -0.112. The molecule has 0 fully saturated rings. The number of aryl methyl sites for hydroxylation is 1. The van der Waals surface area contributed by atoms with Gasteiger partial charge in [-0.1, -0.05) is 0 Å². The number of amides is 1. The molecule has 1 amide bonds. The molecule has 0 saturated heterocycles. The van der Waals surface area contributed by atoms with Gasteiger partial charge in [0.1, 0.15) is 17.4 Å². The average Bonchev–Trinajstić information content (AvgIpc) is 3.10. The highest BCUT2D eigenvalue weighted by Crippen LogP contribution is 2.25. The molecule has 0 atom stereocenters. The lowest BCUT2D eigenvalue weighted by atomic mass is 10.1. The van der Waals surface area contributed by atoms with E-state index in [1.165, 1.54) is 18.2 Å². The van der Waals surface area contributed by atoms with E-state index in [9.17, 15) is 29.9 Å². The molecule has 1 heterocycles. The number of nitrogens with zero attached hydrogens (tertiary/aromatic N) is 2. The van der Waals surface area contributed by atoms with Gasteiger partial charge in [0.05, 0.1) is 17.7 Å². The Kier molecular flexibility index (Phi) is 7.37. The molecule has 0 saturated carbocycles. The van der Waals surface area contributed by atoms with Crippen molar-refractivity contribution < 1.29 is 29.3 Å². The first-order chi connectivity index (χ1) is 16.6. The van der Waals surface area contributed by atoms with Gasteiger partial charge in [0.25, 0.3) is 5.91 Å². The third-order valence-corrected chi connectivity index (χ3v) is 5.23. The van der Waals surface area contributed by atoms with Crippen LogP contribution < -0.4 is 10.1 Å². The van der Waals surface area contributed by atoms with E-state index < -0.39 is 17.8 Å². The van der Waals surface area contributed by atoms with Crippen molar-refractivity contribution in [3.63, 3.8) is 0 Å². The number of aromatic nitrogens is 1. The summed E-state index contributed by atoms with van der Waals surface area (Å²) < 4.78 is 7.04. The zero-order valence-corrected chi connectivity index (χ0v) is 19.3. The Labute approximate surface area is 201 Å². The molecular weight excluding hydrogens is 450 g/mol. The van der Waals surface area contributed by atoms with Crippen LogP contribution in [0.1, 0.15) is 44.6 Å². The summed E-state index contributed by atoms with van der Waals surface area (Å²) in [6.07, 6.45) is 1.43. The summed E-state index contributed by atoms with van der Waals surface area (Å²) in [5, 5.41) is 31.0. The van der Waals surface area contributed by atoms with Crippen LogP contribution >= 0.6 is 0 Å². The molecule has 2 aromatic carbocycles. The fourth-order valence-electron chi connectivity index (χ4n) is 3.62. The fraction of sp³-hybridized carbons (Fsp3) is 0.154. The third kappa shape index (κ3) is 5.57. The summed E-state index contributed by atoms with van der Waals surface area (Å²) in [4.78, 5) is 35.7. The first-order valence-electron chi connectivity index (χ1n) is 10.6. The van der Waals surface area contributed by atoms with Crippen LogP contribution in [0.4, 0.5) is 5.69 Å². The molecule has 9 heteroatoms. The highest BCUT2D eigenvalue weighted by Gasteiger charge is 2.17. The Morgan fingerprint density at radius 2 is 1.63 bits per heavy atom. The van der Waals surface area contributed by atoms with Gasteiger partial charge in [-0.2, -0.15) is 5.26 Å². The van der Waals surface area contributed by atoms with Crippen LogP contribution in [-0.2, 0) is 4.79 Å². The fourth-order valence-corrected chi connectivity index (χ4v) is 3.62. The Morgan fingerprint density at radius 1 is 1.03 bits per heavy atom. The first-order valence-corrected chi connectivity index (χ1v) is 10.6. The van der Waals surface area contributed by atoms with Crippen LogP contribution in [-0.4, -0.2) is 39.2 Å². The molecule has 0 aliphatic heterocycles. The van der Waals surface area contributed by atoms with Crippen molar-refractivity contribution >= 4 is 29.6 Å². The lowest BCUT2D eigenvalue weighted by Gasteiger charge is -2.12. The van der Waals surface area contributed by atoms with Crippen LogP contribution in [0, 0.1) is 25.2 Å². The molecule has 3 aromatic rings. The van der Waals surface area contributed by atoms with Gasteiger partial charge in [0.2, 0.25) is 0 Å². The second-order valence-electron chi connectivity index (χ2n) is 7.62. The van der Waals surface area contributed by atoms with Crippen LogP contribution in [0.2, 0.25) is 0 Å². The van der Waals surface area contributed by atoms with E-state index in [1.807, 2.05) is 13.0 Å². The minimum Gasteiger partial charge on any atom is -0.494 e. The maximum atomic E-state index is 12.7. The lowest BCUT2D eigenvalue weighted by Crippen LogP contribution is -2.13. The number of nitriles is 1. The minimum absolute atomic E-state index is 0.135. The van der Waals surface area contributed by atoms with Crippen molar-refractivity contribution in [2.75, 3.05) is 11.9 Å². The molecule has 1 aromatic heterocycles. The van der Waals surface area contributed by atoms with E-state index in [1.54, 1.807) is 48.7 Å². The highest BCUT2D eigenvalue weighted by atomic mass is 16.5. The summed E-state index contributed by atoms with van der Waals surface area (Å²) in [5.41, 5.74) is 2.18. The summed E-state index contributed by atoms with van der Waals surface area (Å²) >= 11 is 0. The van der Waals surface area contributed by atoms with E-state index >= 15 is 0 Å². The Balaban J connectivity index is 1.96. The zero-order valence-electron chi connectivity index (χ0n) is 19.3. The quantitative estimate of drug-likeness (QED) is 0.324. The Bertz CT molecular complexity index is 1350. The van der Waals surface area contributed by atoms with Crippen molar-refractivity contribution in [3.8, 4) is 17.5 Å². The molecule has 3 rings (SSSR count). The smallest absolute Gasteiger partial charge is 0.335 e. The number of ether oxygens (including phenoxy) is 1. The number of carboxylic acid groups (broad SMARTS) is 2. The van der Waals surface area contributed by atoms with E-state index in [2.05, 4.69) is 5.32 Å². The van der Waals surface area contributed by atoms with Crippen molar-refractivity contribution in [2.45, 2.75) is 20.8 Å². The van der Waals surface area contributed by atoms with Crippen LogP contribution in [0.5, 0.6) is 5.75 Å². The van der Waals surface area contributed by atoms with Gasteiger partial charge in [0.15, 0.2) is 0 Å². The minimum atomic E-state index is -1.25. The summed E-state index contributed by atoms with van der Waals surface area (Å²) in [5.74, 6) is -2.45. The van der Waals surface area contributed by atoms with E-state index in [0.29, 0.717) is 40.7 Å². The maximum Gasteiger partial charge on any atom is 0.335 e. The number of nitrogens with one attached hydrogen (secondary N) is 1. The van der Waals surface area contributed by atoms with Crippen LogP contribution in [0.3, 0.4) is 0 Å². The maximum absolute atomic E-state index is 12.7. The van der Waals surface area contributed by atoms with Crippen LogP contribution in [0.25, 0.3) is 11.8 Å². The predicted octanol–water partition coefficient (Wildman–Crippen LogP) is 4.43. The number of hydrogen-bond donors (Lipinski definition) is 3. The number of hydrogen-bond acceptors (Lipinski definition) is 5. The predicted molar refractivity (Wildman–Crippen MR) is 129 cm³/mol. The van der Waals surface area contributed by atoms with E-state index in [-0.39, 0.29) is 16.7 Å². The van der Waals surface area contributed by atoms with Gasteiger partial charge in [-0.05, 0) is 80.9 Å². The van der Waals surface area contributed by atoms with Crippen molar-refractivity contribution in [1.82, 2.24) is 4.57 Å². The summed E-state index contributed by atoms with van der Waals surface area (Å²) in [6, 6.07) is 14.2. The molecule has 178 valence electrons. The number of carbonyl (C=O) groups is 3. The second kappa shape index (κ2) is 10.4. The van der Waals surface area contributed by atoms with Gasteiger partial charge in [-0.15, -0.1) is 0 Å². The average molecular weight is 473 g/mol. The zero-order chi connectivity index (χ0) is 25.7. The van der Waals surface area contributed by atoms with Crippen molar-refractivity contribution in [2.24, 2.45) is 0 Å². The molecule has 0 aliphatic carbocycles. The van der Waals surface area contributed by atoms with Gasteiger partial charge >= 0.3 is 11.9 Å². The van der Waals surface area contributed by atoms with Gasteiger partial charge in [-0.25, -0.2) is 9.59 Å². The SMILES string of the molecule is CCOc1ccc(NC(=O)/C(C#N)=C\c2cc(C)n(-c3cc(C(=O)O)cc(C(=O)O)c3)c2C)cc1. The normalized spacial score (nSPS) is 11.0. The number of carboxylic acids is 2. The topological polar surface area (TPSA) is 142 Å². The number of benzene rings is 2. The molecule has 0 aliphatic rings. The monoisotopic (exact) mass is 473 g/mol. The van der Waals surface area contributed by atoms with E-state index in [4.69, 9.17) is 4.74 Å².